The first-order chi connectivity index (χ1) is 11.6. The Morgan fingerprint density at radius 1 is 1.29 bits per heavy atom. The van der Waals surface area contributed by atoms with Gasteiger partial charge in [-0.15, -0.1) is 0 Å². The molecule has 0 aliphatic heterocycles. The van der Waals surface area contributed by atoms with Gasteiger partial charge in [-0.2, -0.15) is 5.10 Å². The molecule has 1 aromatic carbocycles. The first-order valence-corrected chi connectivity index (χ1v) is 8.16. The summed E-state index contributed by atoms with van der Waals surface area (Å²) in [6.45, 7) is 2.58. The van der Waals surface area contributed by atoms with Crippen molar-refractivity contribution in [3.8, 4) is 5.75 Å². The molecule has 1 aliphatic rings. The summed E-state index contributed by atoms with van der Waals surface area (Å²) in [5.41, 5.74) is 1.80. The van der Waals surface area contributed by atoms with Crippen molar-refractivity contribution < 1.29 is 9.53 Å². The minimum Gasteiger partial charge on any atom is -0.484 e. The fraction of sp³-hybridized carbons (Fsp3) is 0.389. The van der Waals surface area contributed by atoms with E-state index in [0.717, 1.165) is 24.1 Å². The Morgan fingerprint density at radius 2 is 2.08 bits per heavy atom. The molecule has 1 fully saturated rings. The minimum atomic E-state index is -0.218. The van der Waals surface area contributed by atoms with E-state index in [1.807, 2.05) is 31.2 Å². The van der Waals surface area contributed by atoms with Crippen LogP contribution in [0.1, 0.15) is 30.0 Å². The highest BCUT2D eigenvalue weighted by Crippen LogP contribution is 2.38. The Labute approximate surface area is 140 Å². The second-order valence-electron chi connectivity index (χ2n) is 6.00. The van der Waals surface area contributed by atoms with Gasteiger partial charge < -0.3 is 10.1 Å². The number of para-hydroxylation sites is 1. The van der Waals surface area contributed by atoms with Gasteiger partial charge in [0, 0.05) is 18.5 Å². The molecule has 24 heavy (non-hydrogen) atoms. The molecule has 0 saturated heterocycles. The summed E-state index contributed by atoms with van der Waals surface area (Å²) in [4.78, 5) is 23.6. The number of hydrogen-bond donors (Lipinski definition) is 1. The summed E-state index contributed by atoms with van der Waals surface area (Å²) in [7, 11) is 0. The van der Waals surface area contributed by atoms with E-state index in [0.29, 0.717) is 24.8 Å². The van der Waals surface area contributed by atoms with Crippen LogP contribution in [0.3, 0.4) is 0 Å². The third kappa shape index (κ3) is 4.22. The van der Waals surface area contributed by atoms with E-state index in [9.17, 15) is 9.59 Å². The molecule has 6 heteroatoms. The van der Waals surface area contributed by atoms with Crippen molar-refractivity contribution in [3.05, 3.63) is 58.0 Å². The van der Waals surface area contributed by atoms with Gasteiger partial charge in [0.25, 0.3) is 11.5 Å². The second-order valence-corrected chi connectivity index (χ2v) is 6.00. The van der Waals surface area contributed by atoms with Crippen molar-refractivity contribution in [2.24, 2.45) is 0 Å². The summed E-state index contributed by atoms with van der Waals surface area (Å²) in [5, 5.41) is 7.11. The van der Waals surface area contributed by atoms with Gasteiger partial charge in [0.2, 0.25) is 0 Å². The fourth-order valence-electron chi connectivity index (χ4n) is 2.44. The van der Waals surface area contributed by atoms with Crippen LogP contribution < -0.4 is 15.6 Å². The molecule has 3 rings (SSSR count). The quantitative estimate of drug-likeness (QED) is 0.839. The van der Waals surface area contributed by atoms with Crippen LogP contribution in [0, 0.1) is 6.92 Å². The van der Waals surface area contributed by atoms with Crippen LogP contribution in [0.5, 0.6) is 5.75 Å². The maximum Gasteiger partial charge on any atom is 0.266 e. The molecule has 0 bridgehead atoms. The summed E-state index contributed by atoms with van der Waals surface area (Å²) in [6, 6.07) is 10.9. The van der Waals surface area contributed by atoms with Crippen molar-refractivity contribution in [1.29, 1.82) is 0 Å². The Kier molecular flexibility index (Phi) is 4.93. The lowest BCUT2D eigenvalue weighted by atomic mass is 10.2. The van der Waals surface area contributed by atoms with Gasteiger partial charge in [-0.05, 0) is 37.5 Å². The SMILES string of the molecule is Cc1ccccc1OCC(=O)NCCn1nc(C2CC2)ccc1=O. The smallest absolute Gasteiger partial charge is 0.266 e. The van der Waals surface area contributed by atoms with E-state index in [4.69, 9.17) is 4.74 Å². The summed E-state index contributed by atoms with van der Waals surface area (Å²) >= 11 is 0. The summed E-state index contributed by atoms with van der Waals surface area (Å²) in [6.07, 6.45) is 2.27. The fourth-order valence-corrected chi connectivity index (χ4v) is 2.44. The van der Waals surface area contributed by atoms with Gasteiger partial charge in [-0.25, -0.2) is 4.68 Å². The van der Waals surface area contributed by atoms with Crippen LogP contribution in [0.2, 0.25) is 0 Å². The lowest BCUT2D eigenvalue weighted by Crippen LogP contribution is -2.34. The average Bonchev–Trinajstić information content (AvgIpc) is 3.41. The van der Waals surface area contributed by atoms with Gasteiger partial charge in [0.05, 0.1) is 12.2 Å². The highest BCUT2D eigenvalue weighted by molar-refractivity contribution is 5.77. The molecule has 1 aliphatic carbocycles. The zero-order valence-corrected chi connectivity index (χ0v) is 13.7. The summed E-state index contributed by atoms with van der Waals surface area (Å²) < 4.78 is 6.90. The Morgan fingerprint density at radius 3 is 2.83 bits per heavy atom. The molecular formula is C18H21N3O3. The Bertz CT molecular complexity index is 781. The molecule has 126 valence electrons. The maximum absolute atomic E-state index is 11.8. The molecule has 0 radical (unpaired) electrons. The maximum atomic E-state index is 11.8. The third-order valence-corrected chi connectivity index (χ3v) is 3.98. The molecule has 1 saturated carbocycles. The zero-order chi connectivity index (χ0) is 16.9. The van der Waals surface area contributed by atoms with E-state index >= 15 is 0 Å². The number of aromatic nitrogens is 2. The first-order valence-electron chi connectivity index (χ1n) is 8.16. The lowest BCUT2D eigenvalue weighted by molar-refractivity contribution is -0.123. The lowest BCUT2D eigenvalue weighted by Gasteiger charge is -2.10. The Hall–Kier alpha value is -2.63. The van der Waals surface area contributed by atoms with Gasteiger partial charge in [-0.1, -0.05) is 18.2 Å². The van der Waals surface area contributed by atoms with E-state index in [-0.39, 0.29) is 18.1 Å². The van der Waals surface area contributed by atoms with E-state index in [1.165, 1.54) is 4.68 Å². The number of rotatable bonds is 7. The van der Waals surface area contributed by atoms with Crippen LogP contribution in [-0.2, 0) is 11.3 Å². The second kappa shape index (κ2) is 7.29. The average molecular weight is 327 g/mol. The van der Waals surface area contributed by atoms with Crippen LogP contribution >= 0.6 is 0 Å². The van der Waals surface area contributed by atoms with Gasteiger partial charge in [0.1, 0.15) is 5.75 Å². The molecule has 2 aromatic rings. The molecule has 1 heterocycles. The third-order valence-electron chi connectivity index (χ3n) is 3.98. The van der Waals surface area contributed by atoms with Crippen LogP contribution in [0.4, 0.5) is 0 Å². The largest absolute Gasteiger partial charge is 0.484 e. The number of ether oxygens (including phenoxy) is 1. The molecule has 1 amide bonds. The molecule has 0 unspecified atom stereocenters. The molecule has 0 spiro atoms. The van der Waals surface area contributed by atoms with Crippen LogP contribution in [0.25, 0.3) is 0 Å². The van der Waals surface area contributed by atoms with Gasteiger partial charge in [0.15, 0.2) is 6.61 Å². The number of carbonyl (C=O) groups is 1. The van der Waals surface area contributed by atoms with E-state index in [1.54, 1.807) is 12.1 Å². The highest BCUT2D eigenvalue weighted by atomic mass is 16.5. The highest BCUT2D eigenvalue weighted by Gasteiger charge is 2.25. The topological polar surface area (TPSA) is 73.2 Å². The number of nitrogens with one attached hydrogen (secondary N) is 1. The number of amides is 1. The van der Waals surface area contributed by atoms with Crippen LogP contribution in [0.15, 0.2) is 41.2 Å². The number of nitrogens with zero attached hydrogens (tertiary/aromatic N) is 2. The van der Waals surface area contributed by atoms with Gasteiger partial charge >= 0.3 is 0 Å². The molecule has 6 nitrogen and oxygen atoms in total. The van der Waals surface area contributed by atoms with Crippen molar-refractivity contribution in [1.82, 2.24) is 15.1 Å². The number of carbonyl (C=O) groups excluding carboxylic acids is 1. The molecular weight excluding hydrogens is 306 g/mol. The first kappa shape index (κ1) is 16.2. The number of hydrogen-bond acceptors (Lipinski definition) is 4. The standard InChI is InChI=1S/C18H21N3O3/c1-13-4-2-3-5-16(13)24-12-17(22)19-10-11-21-18(23)9-8-15(20-21)14-6-7-14/h2-5,8-9,14H,6-7,10-12H2,1H3,(H,19,22). The van der Waals surface area contributed by atoms with Crippen molar-refractivity contribution in [2.75, 3.05) is 13.2 Å². The van der Waals surface area contributed by atoms with Crippen LogP contribution in [-0.4, -0.2) is 28.8 Å². The normalized spacial score (nSPS) is 13.5. The molecule has 1 aromatic heterocycles. The van der Waals surface area contributed by atoms with E-state index < -0.39 is 0 Å². The number of aryl methyl sites for hydroxylation is 1. The monoisotopic (exact) mass is 327 g/mol. The van der Waals surface area contributed by atoms with Crippen molar-refractivity contribution >= 4 is 5.91 Å². The number of benzene rings is 1. The Balaban J connectivity index is 1.46. The van der Waals surface area contributed by atoms with Crippen molar-refractivity contribution in [2.45, 2.75) is 32.2 Å². The zero-order valence-electron chi connectivity index (χ0n) is 13.7. The minimum absolute atomic E-state index is 0.0463. The molecule has 0 atom stereocenters. The van der Waals surface area contributed by atoms with Gasteiger partial charge in [-0.3, -0.25) is 9.59 Å². The molecule has 1 N–H and O–H groups in total. The van der Waals surface area contributed by atoms with E-state index in [2.05, 4.69) is 10.4 Å². The van der Waals surface area contributed by atoms with Crippen molar-refractivity contribution in [3.63, 3.8) is 0 Å². The predicted molar refractivity (Wildman–Crippen MR) is 90.2 cm³/mol. The summed E-state index contributed by atoms with van der Waals surface area (Å²) in [5.74, 6) is 0.973. The predicted octanol–water partition coefficient (Wildman–Crippen LogP) is 1.62.